The molecule has 1 saturated heterocycles. The van der Waals surface area contributed by atoms with Crippen molar-refractivity contribution in [1.82, 2.24) is 9.88 Å². The number of benzene rings is 1. The second-order valence-corrected chi connectivity index (χ2v) is 5.84. The number of anilines is 1. The van der Waals surface area contributed by atoms with Crippen molar-refractivity contribution in [2.45, 2.75) is 18.9 Å². The van der Waals surface area contributed by atoms with Crippen LogP contribution in [0.25, 0.3) is 10.9 Å². The normalized spacial score (nSPS) is 16.4. The summed E-state index contributed by atoms with van der Waals surface area (Å²) in [4.78, 5) is 9.33. The van der Waals surface area contributed by atoms with Gasteiger partial charge in [0.1, 0.15) is 5.82 Å². The van der Waals surface area contributed by atoms with Crippen LogP contribution in [-0.4, -0.2) is 43.1 Å². The van der Waals surface area contributed by atoms with Crippen LogP contribution in [0.2, 0.25) is 0 Å². The Morgan fingerprint density at radius 3 is 2.62 bits per heavy atom. The van der Waals surface area contributed by atoms with E-state index in [2.05, 4.69) is 30.0 Å². The number of piperidine rings is 1. The monoisotopic (exact) mass is 280 g/mol. The molecule has 0 spiro atoms. The second kappa shape index (κ2) is 5.71. The summed E-state index contributed by atoms with van der Waals surface area (Å²) in [7, 11) is 4.28. The summed E-state index contributed by atoms with van der Waals surface area (Å²) in [6, 6.07) is 12.7. The molecular formula is C17H20N4. The van der Waals surface area contributed by atoms with Crippen molar-refractivity contribution in [3.63, 3.8) is 0 Å². The average molecular weight is 280 g/mol. The van der Waals surface area contributed by atoms with Crippen LogP contribution in [0.3, 0.4) is 0 Å². The molecule has 3 rings (SSSR count). The van der Waals surface area contributed by atoms with Gasteiger partial charge in [0.15, 0.2) is 0 Å². The van der Waals surface area contributed by atoms with E-state index in [1.165, 1.54) is 0 Å². The molecule has 0 radical (unpaired) electrons. The molecule has 21 heavy (non-hydrogen) atoms. The largest absolute Gasteiger partial charge is 0.356 e. The van der Waals surface area contributed by atoms with Crippen molar-refractivity contribution < 1.29 is 0 Å². The molecule has 0 unspecified atom stereocenters. The molecule has 0 atom stereocenters. The summed E-state index contributed by atoms with van der Waals surface area (Å²) in [5, 5.41) is 10.3. The lowest BCUT2D eigenvalue weighted by molar-refractivity contribution is 0.249. The Hall–Kier alpha value is -2.12. The molecule has 1 aromatic heterocycles. The Kier molecular flexibility index (Phi) is 3.76. The fourth-order valence-corrected chi connectivity index (χ4v) is 3.03. The Balaban J connectivity index is 1.90. The Labute approximate surface area is 125 Å². The SMILES string of the molecule is CN(C)C1CCN(c2cc(C#N)c3ccccc3n2)CC1. The molecule has 0 saturated carbocycles. The first-order valence-corrected chi connectivity index (χ1v) is 7.40. The lowest BCUT2D eigenvalue weighted by Gasteiger charge is -2.36. The first kappa shape index (κ1) is 13.8. The van der Waals surface area contributed by atoms with E-state index in [1.807, 2.05) is 30.3 Å². The van der Waals surface area contributed by atoms with Gasteiger partial charge in [-0.2, -0.15) is 5.26 Å². The van der Waals surface area contributed by atoms with Crippen LogP contribution >= 0.6 is 0 Å². The van der Waals surface area contributed by atoms with Gasteiger partial charge in [0.2, 0.25) is 0 Å². The Bertz CT molecular complexity index is 679. The molecule has 0 bridgehead atoms. The van der Waals surface area contributed by atoms with Gasteiger partial charge in [-0.15, -0.1) is 0 Å². The molecular weight excluding hydrogens is 260 g/mol. The van der Waals surface area contributed by atoms with Crippen LogP contribution < -0.4 is 4.90 Å². The molecule has 1 fully saturated rings. The van der Waals surface area contributed by atoms with Crippen molar-refractivity contribution in [3.05, 3.63) is 35.9 Å². The van der Waals surface area contributed by atoms with Gasteiger partial charge in [-0.1, -0.05) is 18.2 Å². The van der Waals surface area contributed by atoms with Crippen LogP contribution in [0.5, 0.6) is 0 Å². The number of rotatable bonds is 2. The van der Waals surface area contributed by atoms with Gasteiger partial charge >= 0.3 is 0 Å². The minimum atomic E-state index is 0.650. The van der Waals surface area contributed by atoms with Crippen molar-refractivity contribution in [3.8, 4) is 6.07 Å². The van der Waals surface area contributed by atoms with E-state index in [0.29, 0.717) is 11.6 Å². The van der Waals surface area contributed by atoms with Gasteiger partial charge in [-0.25, -0.2) is 4.98 Å². The first-order chi connectivity index (χ1) is 10.2. The highest BCUT2D eigenvalue weighted by molar-refractivity contribution is 5.86. The quantitative estimate of drug-likeness (QED) is 0.848. The number of hydrogen-bond donors (Lipinski definition) is 0. The number of aromatic nitrogens is 1. The van der Waals surface area contributed by atoms with E-state index < -0.39 is 0 Å². The van der Waals surface area contributed by atoms with Gasteiger partial charge in [0.25, 0.3) is 0 Å². The van der Waals surface area contributed by atoms with Crippen molar-refractivity contribution in [2.24, 2.45) is 0 Å². The third-order valence-corrected chi connectivity index (χ3v) is 4.34. The second-order valence-electron chi connectivity index (χ2n) is 5.84. The first-order valence-electron chi connectivity index (χ1n) is 7.40. The molecule has 1 aromatic carbocycles. The third-order valence-electron chi connectivity index (χ3n) is 4.34. The molecule has 1 aliphatic rings. The maximum Gasteiger partial charge on any atom is 0.130 e. The highest BCUT2D eigenvalue weighted by atomic mass is 15.2. The molecule has 1 aliphatic heterocycles. The predicted octanol–water partition coefficient (Wildman–Crippen LogP) is 2.64. The zero-order chi connectivity index (χ0) is 14.8. The molecule has 0 aliphatic carbocycles. The summed E-state index contributed by atoms with van der Waals surface area (Å²) in [6.07, 6.45) is 2.28. The van der Waals surface area contributed by atoms with Crippen molar-refractivity contribution >= 4 is 16.7 Å². The van der Waals surface area contributed by atoms with Crippen LogP contribution in [-0.2, 0) is 0 Å². The number of fused-ring (bicyclic) bond motifs is 1. The van der Waals surface area contributed by atoms with Crippen LogP contribution in [0.1, 0.15) is 18.4 Å². The van der Waals surface area contributed by atoms with Gasteiger partial charge in [-0.05, 0) is 39.1 Å². The van der Waals surface area contributed by atoms with E-state index in [9.17, 15) is 5.26 Å². The predicted molar refractivity (Wildman–Crippen MR) is 85.4 cm³/mol. The highest BCUT2D eigenvalue weighted by Crippen LogP contribution is 2.25. The molecule has 0 amide bonds. The molecule has 4 nitrogen and oxygen atoms in total. The molecule has 4 heteroatoms. The van der Waals surface area contributed by atoms with Gasteiger partial charge in [0.05, 0.1) is 17.1 Å². The smallest absolute Gasteiger partial charge is 0.130 e. The number of pyridine rings is 1. The lowest BCUT2D eigenvalue weighted by Crippen LogP contribution is -2.42. The van der Waals surface area contributed by atoms with Crippen LogP contribution in [0.15, 0.2) is 30.3 Å². The number of nitriles is 1. The summed E-state index contributed by atoms with van der Waals surface area (Å²) in [5.74, 6) is 0.933. The van der Waals surface area contributed by atoms with Crippen LogP contribution in [0, 0.1) is 11.3 Å². The maximum absolute atomic E-state index is 9.37. The maximum atomic E-state index is 9.37. The number of hydrogen-bond acceptors (Lipinski definition) is 4. The van der Waals surface area contributed by atoms with E-state index >= 15 is 0 Å². The zero-order valence-electron chi connectivity index (χ0n) is 12.6. The minimum Gasteiger partial charge on any atom is -0.356 e. The summed E-state index contributed by atoms with van der Waals surface area (Å²) in [5.41, 5.74) is 1.62. The average Bonchev–Trinajstić information content (AvgIpc) is 2.53. The topological polar surface area (TPSA) is 43.2 Å². The molecule has 0 N–H and O–H groups in total. The van der Waals surface area contributed by atoms with Gasteiger partial charge in [-0.3, -0.25) is 0 Å². The third kappa shape index (κ3) is 2.70. The summed E-state index contributed by atoms with van der Waals surface area (Å²) >= 11 is 0. The highest BCUT2D eigenvalue weighted by Gasteiger charge is 2.22. The van der Waals surface area contributed by atoms with Crippen LogP contribution in [0.4, 0.5) is 5.82 Å². The Morgan fingerprint density at radius 1 is 1.24 bits per heavy atom. The standard InChI is InChI=1S/C17H20N4/c1-20(2)14-7-9-21(10-8-14)17-11-13(12-18)15-5-3-4-6-16(15)19-17/h3-6,11,14H,7-10H2,1-2H3. The Morgan fingerprint density at radius 2 is 1.95 bits per heavy atom. The molecule has 2 aromatic rings. The van der Waals surface area contributed by atoms with Gasteiger partial charge in [0, 0.05) is 24.5 Å². The van der Waals surface area contributed by atoms with E-state index in [-0.39, 0.29) is 0 Å². The van der Waals surface area contributed by atoms with Gasteiger partial charge < -0.3 is 9.80 Å². The molecule has 108 valence electrons. The fourth-order valence-electron chi connectivity index (χ4n) is 3.03. The number of nitrogens with zero attached hydrogens (tertiary/aromatic N) is 4. The lowest BCUT2D eigenvalue weighted by atomic mass is 10.0. The minimum absolute atomic E-state index is 0.650. The van der Waals surface area contributed by atoms with E-state index in [1.54, 1.807) is 0 Å². The summed E-state index contributed by atoms with van der Waals surface area (Å²) < 4.78 is 0. The van der Waals surface area contributed by atoms with E-state index in [0.717, 1.165) is 42.7 Å². The molecule has 2 heterocycles. The van der Waals surface area contributed by atoms with E-state index in [4.69, 9.17) is 4.98 Å². The number of para-hydroxylation sites is 1. The summed E-state index contributed by atoms with van der Waals surface area (Å²) in [6.45, 7) is 2.00. The zero-order valence-corrected chi connectivity index (χ0v) is 12.6. The fraction of sp³-hybridized carbons (Fsp3) is 0.412. The van der Waals surface area contributed by atoms with Crippen molar-refractivity contribution in [1.29, 1.82) is 5.26 Å². The van der Waals surface area contributed by atoms with Crippen molar-refractivity contribution in [2.75, 3.05) is 32.1 Å².